The Hall–Kier alpha value is -1.29. The topological polar surface area (TPSA) is 55.2 Å². The first kappa shape index (κ1) is 14.8. The molecular weight excluding hydrogens is 252 g/mol. The van der Waals surface area contributed by atoms with Crippen molar-refractivity contribution in [1.29, 1.82) is 0 Å². The fourth-order valence-electron chi connectivity index (χ4n) is 1.94. The number of halogens is 1. The van der Waals surface area contributed by atoms with Gasteiger partial charge in [0.1, 0.15) is 5.02 Å². The molecule has 0 aliphatic rings. The predicted molar refractivity (Wildman–Crippen MR) is 75.2 cm³/mol. The molecule has 1 aromatic rings. The molecule has 18 heavy (non-hydrogen) atoms. The molecule has 1 atom stereocenters. The van der Waals surface area contributed by atoms with Crippen molar-refractivity contribution >= 4 is 23.0 Å². The monoisotopic (exact) mass is 270 g/mol. The van der Waals surface area contributed by atoms with Gasteiger partial charge in [-0.1, -0.05) is 32.4 Å². The number of benzene rings is 1. The standard InChI is InChI=1S/C13H19ClN2O2/c1-9(2)6-10(3)8-15-11-4-5-12(14)13(7-11)16(17)18/h4-5,7,9-10,15H,6,8H2,1-3H3. The Morgan fingerprint density at radius 3 is 2.61 bits per heavy atom. The van der Waals surface area contributed by atoms with Crippen LogP contribution in [0.3, 0.4) is 0 Å². The van der Waals surface area contributed by atoms with Crippen LogP contribution >= 0.6 is 11.6 Å². The highest BCUT2D eigenvalue weighted by atomic mass is 35.5. The maximum atomic E-state index is 10.8. The molecule has 1 unspecified atom stereocenters. The third-order valence-electron chi connectivity index (χ3n) is 2.67. The second kappa shape index (κ2) is 6.59. The lowest BCUT2D eigenvalue weighted by atomic mass is 9.99. The van der Waals surface area contributed by atoms with Crippen molar-refractivity contribution in [3.8, 4) is 0 Å². The van der Waals surface area contributed by atoms with Gasteiger partial charge in [0.05, 0.1) is 4.92 Å². The normalized spacial score (nSPS) is 12.5. The lowest BCUT2D eigenvalue weighted by molar-refractivity contribution is -0.384. The van der Waals surface area contributed by atoms with E-state index in [1.54, 1.807) is 12.1 Å². The van der Waals surface area contributed by atoms with Crippen molar-refractivity contribution in [2.24, 2.45) is 11.8 Å². The van der Waals surface area contributed by atoms with Crippen LogP contribution in [0.1, 0.15) is 27.2 Å². The summed E-state index contributed by atoms with van der Waals surface area (Å²) < 4.78 is 0. The molecule has 0 aliphatic heterocycles. The van der Waals surface area contributed by atoms with Crippen LogP contribution in [-0.4, -0.2) is 11.5 Å². The lowest BCUT2D eigenvalue weighted by Crippen LogP contribution is -2.13. The van der Waals surface area contributed by atoms with Crippen LogP contribution in [0, 0.1) is 22.0 Å². The van der Waals surface area contributed by atoms with E-state index in [0.717, 1.165) is 18.7 Å². The van der Waals surface area contributed by atoms with Gasteiger partial charge in [0, 0.05) is 18.3 Å². The molecule has 0 saturated heterocycles. The summed E-state index contributed by atoms with van der Waals surface area (Å²) >= 11 is 5.75. The molecule has 5 heteroatoms. The van der Waals surface area contributed by atoms with Crippen molar-refractivity contribution in [3.05, 3.63) is 33.3 Å². The van der Waals surface area contributed by atoms with E-state index in [1.807, 2.05) is 0 Å². The van der Waals surface area contributed by atoms with Gasteiger partial charge in [-0.15, -0.1) is 0 Å². The minimum Gasteiger partial charge on any atom is -0.385 e. The smallest absolute Gasteiger partial charge is 0.289 e. The van der Waals surface area contributed by atoms with Crippen LogP contribution in [-0.2, 0) is 0 Å². The molecule has 0 aliphatic carbocycles. The lowest BCUT2D eigenvalue weighted by Gasteiger charge is -2.15. The number of anilines is 1. The summed E-state index contributed by atoms with van der Waals surface area (Å²) in [7, 11) is 0. The Morgan fingerprint density at radius 2 is 2.06 bits per heavy atom. The molecular formula is C13H19ClN2O2. The number of nitro benzene ring substituents is 1. The van der Waals surface area contributed by atoms with Crippen LogP contribution < -0.4 is 5.32 Å². The number of rotatable bonds is 6. The Labute approximate surface area is 112 Å². The summed E-state index contributed by atoms with van der Waals surface area (Å²) in [6, 6.07) is 4.79. The van der Waals surface area contributed by atoms with Crippen LogP contribution in [0.15, 0.2) is 18.2 Å². The summed E-state index contributed by atoms with van der Waals surface area (Å²) in [5, 5.41) is 14.1. The molecule has 1 N–H and O–H groups in total. The molecule has 0 fully saturated rings. The molecule has 0 heterocycles. The van der Waals surface area contributed by atoms with Gasteiger partial charge in [0.25, 0.3) is 5.69 Å². The first-order valence-corrected chi connectivity index (χ1v) is 6.45. The van der Waals surface area contributed by atoms with E-state index in [4.69, 9.17) is 11.6 Å². The zero-order valence-electron chi connectivity index (χ0n) is 10.9. The Morgan fingerprint density at radius 1 is 1.39 bits per heavy atom. The molecule has 0 amide bonds. The van der Waals surface area contributed by atoms with Gasteiger partial charge in [0.2, 0.25) is 0 Å². The molecule has 0 radical (unpaired) electrons. The average Bonchev–Trinajstić information content (AvgIpc) is 2.26. The zero-order chi connectivity index (χ0) is 13.7. The molecule has 1 aromatic carbocycles. The second-order valence-electron chi connectivity index (χ2n) is 5.04. The Bertz CT molecular complexity index is 421. The largest absolute Gasteiger partial charge is 0.385 e. The number of nitrogens with zero attached hydrogens (tertiary/aromatic N) is 1. The minimum absolute atomic E-state index is 0.0572. The van der Waals surface area contributed by atoms with E-state index in [1.165, 1.54) is 6.07 Å². The summed E-state index contributed by atoms with van der Waals surface area (Å²) in [4.78, 5) is 10.3. The van der Waals surface area contributed by atoms with Crippen molar-refractivity contribution in [2.75, 3.05) is 11.9 Å². The first-order valence-electron chi connectivity index (χ1n) is 6.08. The molecule has 0 bridgehead atoms. The Balaban J connectivity index is 2.63. The highest BCUT2D eigenvalue weighted by Crippen LogP contribution is 2.27. The van der Waals surface area contributed by atoms with Crippen molar-refractivity contribution < 1.29 is 4.92 Å². The van der Waals surface area contributed by atoms with Crippen LogP contribution in [0.5, 0.6) is 0 Å². The molecule has 1 rings (SSSR count). The van der Waals surface area contributed by atoms with Gasteiger partial charge >= 0.3 is 0 Å². The third-order valence-corrected chi connectivity index (χ3v) is 2.99. The van der Waals surface area contributed by atoms with E-state index in [0.29, 0.717) is 11.8 Å². The Kier molecular flexibility index (Phi) is 5.41. The second-order valence-corrected chi connectivity index (χ2v) is 5.45. The number of nitro groups is 1. The maximum absolute atomic E-state index is 10.8. The number of nitrogens with one attached hydrogen (secondary N) is 1. The highest BCUT2D eigenvalue weighted by molar-refractivity contribution is 6.32. The van der Waals surface area contributed by atoms with E-state index in [9.17, 15) is 10.1 Å². The van der Waals surface area contributed by atoms with Gasteiger partial charge in [-0.25, -0.2) is 0 Å². The summed E-state index contributed by atoms with van der Waals surface area (Å²) in [6.07, 6.45) is 1.13. The van der Waals surface area contributed by atoms with Gasteiger partial charge in [-0.3, -0.25) is 10.1 Å². The van der Waals surface area contributed by atoms with Crippen molar-refractivity contribution in [3.63, 3.8) is 0 Å². The van der Waals surface area contributed by atoms with Crippen molar-refractivity contribution in [1.82, 2.24) is 0 Å². The minimum atomic E-state index is -0.467. The number of hydrogen-bond acceptors (Lipinski definition) is 3. The molecule has 0 aromatic heterocycles. The summed E-state index contributed by atoms with van der Waals surface area (Å²) in [6.45, 7) is 7.33. The van der Waals surface area contributed by atoms with Crippen LogP contribution in [0.2, 0.25) is 5.02 Å². The quantitative estimate of drug-likeness (QED) is 0.618. The summed E-state index contributed by atoms with van der Waals surface area (Å²) in [5.74, 6) is 1.18. The van der Waals surface area contributed by atoms with E-state index < -0.39 is 4.92 Å². The molecule has 0 spiro atoms. The van der Waals surface area contributed by atoms with Crippen molar-refractivity contribution in [2.45, 2.75) is 27.2 Å². The van der Waals surface area contributed by atoms with E-state index in [2.05, 4.69) is 26.1 Å². The number of hydrogen-bond donors (Lipinski definition) is 1. The third kappa shape index (κ3) is 4.53. The van der Waals surface area contributed by atoms with Gasteiger partial charge in [-0.2, -0.15) is 0 Å². The fraction of sp³-hybridized carbons (Fsp3) is 0.538. The van der Waals surface area contributed by atoms with E-state index >= 15 is 0 Å². The highest BCUT2D eigenvalue weighted by Gasteiger charge is 2.13. The SMILES string of the molecule is CC(C)CC(C)CNc1ccc(Cl)c([N+](=O)[O-])c1. The summed E-state index contributed by atoms with van der Waals surface area (Å²) in [5.41, 5.74) is 0.680. The van der Waals surface area contributed by atoms with Gasteiger partial charge < -0.3 is 5.32 Å². The average molecular weight is 271 g/mol. The zero-order valence-corrected chi connectivity index (χ0v) is 11.7. The van der Waals surface area contributed by atoms with E-state index in [-0.39, 0.29) is 10.7 Å². The first-order chi connectivity index (χ1) is 8.40. The maximum Gasteiger partial charge on any atom is 0.289 e. The molecule has 100 valence electrons. The fourth-order valence-corrected chi connectivity index (χ4v) is 2.13. The predicted octanol–water partition coefficient (Wildman–Crippen LogP) is 4.34. The van der Waals surface area contributed by atoms with Gasteiger partial charge in [0.15, 0.2) is 0 Å². The van der Waals surface area contributed by atoms with Crippen LogP contribution in [0.25, 0.3) is 0 Å². The molecule has 0 saturated carbocycles. The van der Waals surface area contributed by atoms with Gasteiger partial charge in [-0.05, 0) is 30.4 Å². The van der Waals surface area contributed by atoms with Crippen LogP contribution in [0.4, 0.5) is 11.4 Å². The molecule has 4 nitrogen and oxygen atoms in total.